The van der Waals surface area contributed by atoms with E-state index in [0.29, 0.717) is 11.1 Å². The number of hydrogen-bond donors (Lipinski definition) is 0. The van der Waals surface area contributed by atoms with Crippen LogP contribution in [-0.2, 0) is 0 Å². The summed E-state index contributed by atoms with van der Waals surface area (Å²) in [4.78, 5) is 0. The molecular formula is C18H20F4. The summed E-state index contributed by atoms with van der Waals surface area (Å²) in [5, 5.41) is 0. The minimum absolute atomic E-state index is 0.0331. The van der Waals surface area contributed by atoms with E-state index < -0.39 is 11.6 Å². The standard InChI is InChI=1S/2C9H10F2/c1-6(2)8-5-7(10)3-4-9(8)11;1-6(2)8-4-3-7(10)5-9(8)11/h2*3-6H,1-2H3. The van der Waals surface area contributed by atoms with E-state index in [1.807, 2.05) is 27.7 Å². The molecule has 0 N–H and O–H groups in total. The van der Waals surface area contributed by atoms with Crippen LogP contribution in [-0.4, -0.2) is 0 Å². The van der Waals surface area contributed by atoms with Gasteiger partial charge in [-0.1, -0.05) is 33.8 Å². The fourth-order valence-corrected chi connectivity index (χ4v) is 1.93. The van der Waals surface area contributed by atoms with Gasteiger partial charge in [-0.25, -0.2) is 17.6 Å². The molecule has 0 unspecified atom stereocenters. The molecule has 0 aliphatic rings. The van der Waals surface area contributed by atoms with Crippen molar-refractivity contribution in [1.82, 2.24) is 0 Å². The molecule has 0 amide bonds. The Hall–Kier alpha value is -1.84. The lowest BCUT2D eigenvalue weighted by atomic mass is 10.0. The number of halogens is 4. The van der Waals surface area contributed by atoms with Gasteiger partial charge in [0.2, 0.25) is 0 Å². The largest absolute Gasteiger partial charge is 0.207 e. The molecule has 0 aliphatic carbocycles. The van der Waals surface area contributed by atoms with Crippen LogP contribution in [0.5, 0.6) is 0 Å². The molecule has 2 aromatic carbocycles. The van der Waals surface area contributed by atoms with Crippen LogP contribution in [0.1, 0.15) is 50.7 Å². The van der Waals surface area contributed by atoms with Gasteiger partial charge in [-0.15, -0.1) is 0 Å². The van der Waals surface area contributed by atoms with Gasteiger partial charge in [-0.3, -0.25) is 0 Å². The third kappa shape index (κ3) is 5.17. The van der Waals surface area contributed by atoms with Gasteiger partial charge in [0.05, 0.1) is 0 Å². The first-order valence-electron chi connectivity index (χ1n) is 7.12. The van der Waals surface area contributed by atoms with Gasteiger partial charge >= 0.3 is 0 Å². The molecule has 0 heterocycles. The van der Waals surface area contributed by atoms with Crippen molar-refractivity contribution in [3.63, 3.8) is 0 Å². The van der Waals surface area contributed by atoms with Crippen molar-refractivity contribution in [2.24, 2.45) is 0 Å². The van der Waals surface area contributed by atoms with Crippen LogP contribution < -0.4 is 0 Å². The van der Waals surface area contributed by atoms with Gasteiger partial charge in [0.15, 0.2) is 0 Å². The van der Waals surface area contributed by atoms with Crippen molar-refractivity contribution in [3.8, 4) is 0 Å². The first-order valence-corrected chi connectivity index (χ1v) is 7.12. The van der Waals surface area contributed by atoms with Gasteiger partial charge in [-0.05, 0) is 47.2 Å². The molecule has 0 saturated heterocycles. The third-order valence-corrected chi connectivity index (χ3v) is 3.16. The van der Waals surface area contributed by atoms with Crippen molar-refractivity contribution < 1.29 is 17.6 Å². The predicted molar refractivity (Wildman–Crippen MR) is 80.9 cm³/mol. The van der Waals surface area contributed by atoms with Crippen LogP contribution in [0.15, 0.2) is 36.4 Å². The van der Waals surface area contributed by atoms with Crippen LogP contribution in [0.25, 0.3) is 0 Å². The van der Waals surface area contributed by atoms with Crippen LogP contribution in [0, 0.1) is 23.3 Å². The van der Waals surface area contributed by atoms with Crippen molar-refractivity contribution >= 4 is 0 Å². The second kappa shape index (κ2) is 7.97. The molecule has 22 heavy (non-hydrogen) atoms. The molecule has 0 atom stereocenters. The van der Waals surface area contributed by atoms with Gasteiger partial charge in [0.25, 0.3) is 0 Å². The monoisotopic (exact) mass is 312 g/mol. The highest BCUT2D eigenvalue weighted by Gasteiger charge is 2.07. The predicted octanol–water partition coefficient (Wildman–Crippen LogP) is 6.18. The second-order valence-electron chi connectivity index (χ2n) is 5.64. The van der Waals surface area contributed by atoms with Crippen LogP contribution in [0.3, 0.4) is 0 Å². The van der Waals surface area contributed by atoms with Gasteiger partial charge < -0.3 is 0 Å². The molecule has 0 bridgehead atoms. The first kappa shape index (κ1) is 18.2. The van der Waals surface area contributed by atoms with Gasteiger partial charge in [0, 0.05) is 6.07 Å². The Labute approximate surface area is 128 Å². The van der Waals surface area contributed by atoms with Crippen LogP contribution in [0.4, 0.5) is 17.6 Å². The topological polar surface area (TPSA) is 0 Å². The lowest BCUT2D eigenvalue weighted by Crippen LogP contribution is -1.93. The molecule has 0 aliphatic heterocycles. The van der Waals surface area contributed by atoms with E-state index in [-0.39, 0.29) is 23.5 Å². The Morgan fingerprint density at radius 3 is 1.55 bits per heavy atom. The summed E-state index contributed by atoms with van der Waals surface area (Å²) in [6.45, 7) is 7.41. The van der Waals surface area contributed by atoms with E-state index in [0.717, 1.165) is 18.2 Å². The quantitative estimate of drug-likeness (QED) is 0.581. The third-order valence-electron chi connectivity index (χ3n) is 3.16. The molecule has 0 saturated carbocycles. The second-order valence-corrected chi connectivity index (χ2v) is 5.64. The number of rotatable bonds is 2. The minimum Gasteiger partial charge on any atom is -0.207 e. The summed E-state index contributed by atoms with van der Waals surface area (Å²) < 4.78 is 50.6. The molecule has 4 heteroatoms. The summed E-state index contributed by atoms with van der Waals surface area (Å²) in [5.41, 5.74) is 0.997. The number of hydrogen-bond acceptors (Lipinski definition) is 0. The Bertz CT molecular complexity index is 618. The SMILES string of the molecule is CC(C)c1cc(F)ccc1F.CC(C)c1ccc(F)cc1F. The maximum atomic E-state index is 12.9. The number of benzene rings is 2. The molecule has 120 valence electrons. The Morgan fingerprint density at radius 2 is 1.09 bits per heavy atom. The summed E-state index contributed by atoms with van der Waals surface area (Å²) in [6.07, 6.45) is 0. The zero-order chi connectivity index (χ0) is 16.9. The highest BCUT2D eigenvalue weighted by molar-refractivity contribution is 5.22. The lowest BCUT2D eigenvalue weighted by Gasteiger charge is -2.05. The zero-order valence-electron chi connectivity index (χ0n) is 13.1. The van der Waals surface area contributed by atoms with E-state index in [4.69, 9.17) is 0 Å². The molecule has 2 aromatic rings. The summed E-state index contributed by atoms with van der Waals surface area (Å²) >= 11 is 0. The smallest absolute Gasteiger partial charge is 0.129 e. The Balaban J connectivity index is 0.000000220. The Morgan fingerprint density at radius 1 is 0.591 bits per heavy atom. The molecule has 0 nitrogen and oxygen atoms in total. The minimum atomic E-state index is -0.521. The zero-order valence-corrected chi connectivity index (χ0v) is 13.1. The maximum Gasteiger partial charge on any atom is 0.129 e. The van der Waals surface area contributed by atoms with Gasteiger partial charge in [-0.2, -0.15) is 0 Å². The van der Waals surface area contributed by atoms with E-state index >= 15 is 0 Å². The average Bonchev–Trinajstić information content (AvgIpc) is 2.41. The van der Waals surface area contributed by atoms with E-state index in [2.05, 4.69) is 0 Å². The van der Waals surface area contributed by atoms with E-state index in [9.17, 15) is 17.6 Å². The molecular weight excluding hydrogens is 292 g/mol. The highest BCUT2D eigenvalue weighted by atomic mass is 19.1. The van der Waals surface area contributed by atoms with Crippen LogP contribution >= 0.6 is 0 Å². The van der Waals surface area contributed by atoms with Crippen molar-refractivity contribution in [2.75, 3.05) is 0 Å². The first-order chi connectivity index (χ1) is 10.2. The summed E-state index contributed by atoms with van der Waals surface area (Å²) in [7, 11) is 0. The summed E-state index contributed by atoms with van der Waals surface area (Å²) in [5.74, 6) is -1.55. The van der Waals surface area contributed by atoms with Crippen LogP contribution in [0.2, 0.25) is 0 Å². The summed E-state index contributed by atoms with van der Waals surface area (Å²) in [6, 6.07) is 7.19. The van der Waals surface area contributed by atoms with E-state index in [1.165, 1.54) is 18.2 Å². The van der Waals surface area contributed by atoms with Gasteiger partial charge in [0.1, 0.15) is 23.3 Å². The molecule has 0 aromatic heterocycles. The van der Waals surface area contributed by atoms with E-state index in [1.54, 1.807) is 0 Å². The fraction of sp³-hybridized carbons (Fsp3) is 0.333. The highest BCUT2D eigenvalue weighted by Crippen LogP contribution is 2.19. The lowest BCUT2D eigenvalue weighted by molar-refractivity contribution is 0.565. The molecule has 0 radical (unpaired) electrons. The molecule has 0 fully saturated rings. The van der Waals surface area contributed by atoms with Crippen molar-refractivity contribution in [3.05, 3.63) is 70.8 Å². The Kier molecular flexibility index (Phi) is 6.60. The molecule has 0 spiro atoms. The maximum absolute atomic E-state index is 12.9. The average molecular weight is 312 g/mol. The van der Waals surface area contributed by atoms with Crippen molar-refractivity contribution in [1.29, 1.82) is 0 Å². The van der Waals surface area contributed by atoms with Crippen molar-refractivity contribution in [2.45, 2.75) is 39.5 Å². The normalized spacial score (nSPS) is 10.6. The molecule has 2 rings (SSSR count). The fourth-order valence-electron chi connectivity index (χ4n) is 1.93.